The number of rotatable bonds is 4. The van der Waals surface area contributed by atoms with Gasteiger partial charge in [0.15, 0.2) is 0 Å². The van der Waals surface area contributed by atoms with E-state index in [9.17, 15) is 0 Å². The van der Waals surface area contributed by atoms with Gasteiger partial charge in [-0.25, -0.2) is 4.68 Å². The monoisotopic (exact) mass is 230 g/mol. The number of aryl methyl sites for hydroxylation is 1. The van der Waals surface area contributed by atoms with Crippen molar-refractivity contribution < 1.29 is 0 Å². The number of hydrogen-bond acceptors (Lipinski definition) is 3. The van der Waals surface area contributed by atoms with E-state index in [1.165, 1.54) is 0 Å². The lowest BCUT2D eigenvalue weighted by Gasteiger charge is -2.13. The second-order valence-corrected chi connectivity index (χ2v) is 4.15. The summed E-state index contributed by atoms with van der Waals surface area (Å²) in [7, 11) is 1.96. The van der Waals surface area contributed by atoms with Crippen molar-refractivity contribution in [2.24, 2.45) is 0 Å². The van der Waals surface area contributed by atoms with Crippen LogP contribution in [-0.4, -0.2) is 21.8 Å². The number of pyridine rings is 1. The molecule has 0 saturated heterocycles. The highest BCUT2D eigenvalue weighted by Crippen LogP contribution is 2.15. The molecule has 0 saturated carbocycles. The Balaban J connectivity index is 2.23. The lowest BCUT2D eigenvalue weighted by Crippen LogP contribution is -2.16. The normalized spacial score (nSPS) is 12.6. The quantitative estimate of drug-likeness (QED) is 0.876. The average molecular weight is 230 g/mol. The number of hydrogen-bond donors (Lipinski definition) is 1. The van der Waals surface area contributed by atoms with Gasteiger partial charge >= 0.3 is 0 Å². The molecule has 90 valence electrons. The molecule has 0 radical (unpaired) electrons. The summed E-state index contributed by atoms with van der Waals surface area (Å²) in [5.74, 6) is 0. The molecule has 0 aliphatic carbocycles. The number of aromatic nitrogens is 3. The van der Waals surface area contributed by atoms with Crippen LogP contribution in [-0.2, 0) is 0 Å². The summed E-state index contributed by atoms with van der Waals surface area (Å²) in [6, 6.07) is 4.43. The molecule has 0 amide bonds. The standard InChI is InChI=1S/C13H18N4/c1-4-12(14-3)13-6-5-11(8-15-13)17-9-10(2)7-16-17/h5-9,12,14H,4H2,1-3H3. The summed E-state index contributed by atoms with van der Waals surface area (Å²) < 4.78 is 1.84. The lowest BCUT2D eigenvalue weighted by atomic mass is 10.1. The summed E-state index contributed by atoms with van der Waals surface area (Å²) in [5, 5.41) is 7.51. The van der Waals surface area contributed by atoms with Crippen LogP contribution in [0.15, 0.2) is 30.7 Å². The zero-order valence-electron chi connectivity index (χ0n) is 10.5. The summed E-state index contributed by atoms with van der Waals surface area (Å²) in [5.41, 5.74) is 3.21. The molecule has 17 heavy (non-hydrogen) atoms. The van der Waals surface area contributed by atoms with Crippen LogP contribution in [0.25, 0.3) is 5.69 Å². The lowest BCUT2D eigenvalue weighted by molar-refractivity contribution is 0.561. The second-order valence-electron chi connectivity index (χ2n) is 4.15. The van der Waals surface area contributed by atoms with Crippen LogP contribution in [0.2, 0.25) is 0 Å². The van der Waals surface area contributed by atoms with Crippen molar-refractivity contribution in [2.45, 2.75) is 26.3 Å². The van der Waals surface area contributed by atoms with E-state index < -0.39 is 0 Å². The van der Waals surface area contributed by atoms with E-state index in [2.05, 4.69) is 34.5 Å². The molecule has 1 N–H and O–H groups in total. The zero-order valence-corrected chi connectivity index (χ0v) is 10.5. The average Bonchev–Trinajstić information content (AvgIpc) is 2.78. The molecule has 2 rings (SSSR count). The summed E-state index contributed by atoms with van der Waals surface area (Å²) in [6.45, 7) is 4.17. The van der Waals surface area contributed by atoms with Gasteiger partial charge in [0.1, 0.15) is 0 Å². The third kappa shape index (κ3) is 2.53. The van der Waals surface area contributed by atoms with E-state index in [1.807, 2.05) is 37.2 Å². The van der Waals surface area contributed by atoms with Crippen molar-refractivity contribution in [1.29, 1.82) is 0 Å². The highest BCUT2D eigenvalue weighted by molar-refractivity contribution is 5.30. The first-order valence-corrected chi connectivity index (χ1v) is 5.89. The number of nitrogens with zero attached hydrogens (tertiary/aromatic N) is 3. The molecule has 0 spiro atoms. The van der Waals surface area contributed by atoms with Gasteiger partial charge in [-0.15, -0.1) is 0 Å². The highest BCUT2D eigenvalue weighted by atomic mass is 15.3. The Kier molecular flexibility index (Phi) is 3.54. The molecule has 4 nitrogen and oxygen atoms in total. The van der Waals surface area contributed by atoms with E-state index >= 15 is 0 Å². The van der Waals surface area contributed by atoms with Crippen molar-refractivity contribution >= 4 is 0 Å². The summed E-state index contributed by atoms with van der Waals surface area (Å²) in [4.78, 5) is 4.48. The Morgan fingerprint density at radius 3 is 2.65 bits per heavy atom. The summed E-state index contributed by atoms with van der Waals surface area (Å²) in [6.07, 6.45) is 6.73. The van der Waals surface area contributed by atoms with Gasteiger partial charge < -0.3 is 5.32 Å². The molecular weight excluding hydrogens is 212 g/mol. The fourth-order valence-electron chi connectivity index (χ4n) is 1.85. The smallest absolute Gasteiger partial charge is 0.0829 e. The van der Waals surface area contributed by atoms with Gasteiger partial charge in [0.05, 0.1) is 23.8 Å². The maximum atomic E-state index is 4.48. The van der Waals surface area contributed by atoms with E-state index in [1.54, 1.807) is 0 Å². The van der Waals surface area contributed by atoms with Gasteiger partial charge in [0.25, 0.3) is 0 Å². The van der Waals surface area contributed by atoms with E-state index in [-0.39, 0.29) is 0 Å². The van der Waals surface area contributed by atoms with Gasteiger partial charge in [-0.2, -0.15) is 5.10 Å². The van der Waals surface area contributed by atoms with Crippen molar-refractivity contribution in [3.8, 4) is 5.69 Å². The molecule has 0 fully saturated rings. The molecule has 0 aliphatic rings. The molecule has 0 bridgehead atoms. The Hall–Kier alpha value is -1.68. The second kappa shape index (κ2) is 5.10. The summed E-state index contributed by atoms with van der Waals surface area (Å²) >= 11 is 0. The minimum atomic E-state index is 0.323. The Morgan fingerprint density at radius 2 is 2.18 bits per heavy atom. The van der Waals surface area contributed by atoms with Gasteiger partial charge in [0.2, 0.25) is 0 Å². The minimum absolute atomic E-state index is 0.323. The van der Waals surface area contributed by atoms with Gasteiger partial charge in [0, 0.05) is 12.2 Å². The zero-order chi connectivity index (χ0) is 12.3. The van der Waals surface area contributed by atoms with E-state index in [4.69, 9.17) is 0 Å². The molecule has 2 aromatic rings. The van der Waals surface area contributed by atoms with Gasteiger partial charge in [-0.3, -0.25) is 4.98 Å². The van der Waals surface area contributed by atoms with Crippen molar-refractivity contribution in [1.82, 2.24) is 20.1 Å². The maximum Gasteiger partial charge on any atom is 0.0829 e. The van der Waals surface area contributed by atoms with Crippen LogP contribution < -0.4 is 5.32 Å². The Labute approximate surface area is 102 Å². The molecule has 4 heteroatoms. The molecule has 0 aliphatic heterocycles. The van der Waals surface area contributed by atoms with Crippen LogP contribution in [0, 0.1) is 6.92 Å². The molecule has 1 unspecified atom stereocenters. The van der Waals surface area contributed by atoms with Gasteiger partial charge in [-0.1, -0.05) is 6.92 Å². The van der Waals surface area contributed by atoms with Gasteiger partial charge in [-0.05, 0) is 38.1 Å². The van der Waals surface area contributed by atoms with Crippen LogP contribution in [0.1, 0.15) is 30.6 Å². The highest BCUT2D eigenvalue weighted by Gasteiger charge is 2.08. The Morgan fingerprint density at radius 1 is 1.35 bits per heavy atom. The Bertz CT molecular complexity index is 468. The first-order chi connectivity index (χ1) is 8.24. The third-order valence-corrected chi connectivity index (χ3v) is 2.86. The predicted octanol–water partition coefficient (Wildman–Crippen LogP) is 2.25. The van der Waals surface area contributed by atoms with Crippen LogP contribution >= 0.6 is 0 Å². The maximum absolute atomic E-state index is 4.48. The van der Waals surface area contributed by atoms with Crippen LogP contribution in [0.3, 0.4) is 0 Å². The predicted molar refractivity (Wildman–Crippen MR) is 68.2 cm³/mol. The van der Waals surface area contributed by atoms with Crippen LogP contribution in [0.4, 0.5) is 0 Å². The van der Waals surface area contributed by atoms with Crippen molar-refractivity contribution in [3.63, 3.8) is 0 Å². The minimum Gasteiger partial charge on any atom is -0.312 e. The number of nitrogens with one attached hydrogen (secondary N) is 1. The fraction of sp³-hybridized carbons (Fsp3) is 0.385. The SMILES string of the molecule is CCC(NC)c1ccc(-n2cc(C)cn2)cn1. The van der Waals surface area contributed by atoms with E-state index in [0.29, 0.717) is 6.04 Å². The van der Waals surface area contributed by atoms with Crippen molar-refractivity contribution in [2.75, 3.05) is 7.05 Å². The third-order valence-electron chi connectivity index (χ3n) is 2.86. The van der Waals surface area contributed by atoms with Crippen LogP contribution in [0.5, 0.6) is 0 Å². The topological polar surface area (TPSA) is 42.7 Å². The molecule has 0 aromatic carbocycles. The first kappa shape index (κ1) is 11.8. The fourth-order valence-corrected chi connectivity index (χ4v) is 1.85. The molecule has 2 heterocycles. The molecule has 2 aromatic heterocycles. The first-order valence-electron chi connectivity index (χ1n) is 5.89. The molecule has 1 atom stereocenters. The van der Waals surface area contributed by atoms with Crippen molar-refractivity contribution in [3.05, 3.63) is 42.0 Å². The van der Waals surface area contributed by atoms with E-state index in [0.717, 1.165) is 23.4 Å². The molecular formula is C13H18N4. The largest absolute Gasteiger partial charge is 0.312 e.